The Labute approximate surface area is 239 Å². The van der Waals surface area contributed by atoms with Gasteiger partial charge in [0.1, 0.15) is 0 Å². The third kappa shape index (κ3) is 9.17. The van der Waals surface area contributed by atoms with Crippen LogP contribution in [0.1, 0.15) is 36.2 Å². The molecular weight excluding hydrogens is 573 g/mol. The number of carbonyl (C=O) groups is 2. The highest BCUT2D eigenvalue weighted by Crippen LogP contribution is 2.31. The number of piperazine rings is 1. The number of amides is 3. The lowest BCUT2D eigenvalue weighted by Gasteiger charge is -2.37. The van der Waals surface area contributed by atoms with E-state index < -0.39 is 47.8 Å². The molecule has 1 fully saturated rings. The van der Waals surface area contributed by atoms with E-state index in [9.17, 15) is 36.6 Å². The van der Waals surface area contributed by atoms with Gasteiger partial charge in [-0.25, -0.2) is 13.6 Å². The first-order chi connectivity index (χ1) is 19.3. The van der Waals surface area contributed by atoms with E-state index in [0.29, 0.717) is 36.9 Å². The summed E-state index contributed by atoms with van der Waals surface area (Å²) in [6, 6.07) is 5.70. The first-order valence-electron chi connectivity index (χ1n) is 13.1. The van der Waals surface area contributed by atoms with Crippen LogP contribution in [0.5, 0.6) is 0 Å². The lowest BCUT2D eigenvalue weighted by Crippen LogP contribution is -2.47. The van der Waals surface area contributed by atoms with Gasteiger partial charge in [-0.15, -0.1) is 0 Å². The van der Waals surface area contributed by atoms with Gasteiger partial charge in [0.15, 0.2) is 11.6 Å². The minimum absolute atomic E-state index is 0.0493. The van der Waals surface area contributed by atoms with Crippen molar-refractivity contribution in [2.75, 3.05) is 49.5 Å². The summed E-state index contributed by atoms with van der Waals surface area (Å²) in [6.45, 7) is 4.31. The van der Waals surface area contributed by atoms with Crippen LogP contribution in [0.2, 0.25) is 5.02 Å². The van der Waals surface area contributed by atoms with Gasteiger partial charge in [0.05, 0.1) is 36.0 Å². The number of nitrogens with one attached hydrogen (secondary N) is 3. The van der Waals surface area contributed by atoms with Crippen molar-refractivity contribution in [1.82, 2.24) is 15.5 Å². The van der Waals surface area contributed by atoms with Crippen molar-refractivity contribution in [3.05, 3.63) is 58.1 Å². The third-order valence-corrected chi connectivity index (χ3v) is 7.03. The van der Waals surface area contributed by atoms with Crippen LogP contribution in [0, 0.1) is 17.6 Å². The van der Waals surface area contributed by atoms with Crippen LogP contribution >= 0.6 is 11.6 Å². The molecule has 8 nitrogen and oxygen atoms in total. The Morgan fingerprint density at radius 2 is 1.73 bits per heavy atom. The maximum Gasteiger partial charge on any atom is 0.390 e. The molecule has 2 aromatic rings. The predicted molar refractivity (Wildman–Crippen MR) is 146 cm³/mol. The summed E-state index contributed by atoms with van der Waals surface area (Å²) in [5.74, 6) is -3.67. The van der Waals surface area contributed by atoms with Crippen LogP contribution in [0.4, 0.5) is 38.1 Å². The number of rotatable bonds is 10. The van der Waals surface area contributed by atoms with Gasteiger partial charge in [-0.1, -0.05) is 31.5 Å². The first-order valence-corrected chi connectivity index (χ1v) is 13.4. The Morgan fingerprint density at radius 3 is 2.34 bits per heavy atom. The number of hydrogen-bond acceptors (Lipinski definition) is 5. The summed E-state index contributed by atoms with van der Waals surface area (Å²) in [5.41, 5.74) is 0.0224. The minimum atomic E-state index is -4.24. The normalized spacial score (nSPS) is 15.1. The topological polar surface area (TPSA) is 96.9 Å². The van der Waals surface area contributed by atoms with Gasteiger partial charge >= 0.3 is 12.2 Å². The molecule has 1 saturated heterocycles. The Hall–Kier alpha value is -3.16. The Balaban J connectivity index is 1.67. The Bertz CT molecular complexity index is 1220. The van der Waals surface area contributed by atoms with Crippen LogP contribution in [-0.2, 0) is 6.54 Å². The number of hydrogen-bond donors (Lipinski definition) is 4. The summed E-state index contributed by atoms with van der Waals surface area (Å²) in [4.78, 5) is 28.6. The zero-order chi connectivity index (χ0) is 30.3. The predicted octanol–water partition coefficient (Wildman–Crippen LogP) is 4.76. The molecule has 1 atom stereocenters. The molecule has 41 heavy (non-hydrogen) atoms. The van der Waals surface area contributed by atoms with Gasteiger partial charge in [0.25, 0.3) is 5.91 Å². The fourth-order valence-electron chi connectivity index (χ4n) is 4.28. The van der Waals surface area contributed by atoms with E-state index in [1.54, 1.807) is 24.8 Å². The van der Waals surface area contributed by atoms with Crippen molar-refractivity contribution in [2.24, 2.45) is 5.92 Å². The van der Waals surface area contributed by atoms with Crippen LogP contribution in [0.25, 0.3) is 0 Å². The van der Waals surface area contributed by atoms with Crippen molar-refractivity contribution in [2.45, 2.75) is 39.0 Å². The second-order valence-corrected chi connectivity index (χ2v) is 10.5. The molecule has 0 aliphatic carbocycles. The molecule has 3 rings (SSSR count). The Morgan fingerprint density at radius 1 is 1.05 bits per heavy atom. The fraction of sp³-hybridized carbons (Fsp3) is 0.481. The zero-order valence-corrected chi connectivity index (χ0v) is 23.4. The molecule has 1 aliphatic rings. The standard InChI is InChI=1S/C27H33ClF5N5O3/c1-16(2)21(15-39)36-26(41)34-14-17-3-5-19(24(30)23(17)29)25(40)35-20-6-4-18(28)13-22(20)38-11-9-37(10-12-38)8-7-27(31,32)33/h3-6,13,16,21,39H,7-12,14-15H2,1-2H3,(H,35,40)(H2,34,36,41). The molecule has 14 heteroatoms. The van der Waals surface area contributed by atoms with Crippen LogP contribution in [-0.4, -0.2) is 73.5 Å². The number of alkyl halides is 3. The molecule has 4 N–H and O–H groups in total. The lowest BCUT2D eigenvalue weighted by atomic mass is 10.1. The molecule has 0 bridgehead atoms. The molecule has 0 aromatic heterocycles. The molecular formula is C27H33ClF5N5O3. The van der Waals surface area contributed by atoms with Gasteiger partial charge in [-0.3, -0.25) is 9.69 Å². The summed E-state index contributed by atoms with van der Waals surface area (Å²) in [6.07, 6.45) is -5.14. The number of aliphatic hydroxyl groups is 1. The molecule has 3 amide bonds. The van der Waals surface area contributed by atoms with E-state index in [0.717, 1.165) is 6.07 Å². The molecule has 0 saturated carbocycles. The average Bonchev–Trinajstić information content (AvgIpc) is 2.92. The fourth-order valence-corrected chi connectivity index (χ4v) is 4.44. The minimum Gasteiger partial charge on any atom is -0.394 e. The quantitative estimate of drug-likeness (QED) is 0.293. The van der Waals surface area contributed by atoms with Crippen LogP contribution in [0.3, 0.4) is 0 Å². The largest absolute Gasteiger partial charge is 0.394 e. The average molecular weight is 606 g/mol. The van der Waals surface area contributed by atoms with E-state index in [1.807, 2.05) is 4.90 Å². The van der Waals surface area contributed by atoms with Crippen LogP contribution in [0.15, 0.2) is 30.3 Å². The molecule has 2 aromatic carbocycles. The van der Waals surface area contributed by atoms with Crippen molar-refractivity contribution < 1.29 is 36.6 Å². The summed E-state index contributed by atoms with van der Waals surface area (Å²) < 4.78 is 67.4. The number of carbonyl (C=O) groups excluding carboxylic acids is 2. The van der Waals surface area contributed by atoms with E-state index in [1.165, 1.54) is 18.2 Å². The molecule has 0 spiro atoms. The van der Waals surface area contributed by atoms with Crippen molar-refractivity contribution >= 4 is 34.9 Å². The maximum absolute atomic E-state index is 14.9. The van der Waals surface area contributed by atoms with Gasteiger partial charge in [-0.05, 0) is 30.2 Å². The number of aliphatic hydroxyl groups excluding tert-OH is 1. The van der Waals surface area contributed by atoms with Crippen molar-refractivity contribution in [3.8, 4) is 0 Å². The monoisotopic (exact) mass is 605 g/mol. The maximum atomic E-state index is 14.9. The third-order valence-electron chi connectivity index (χ3n) is 6.80. The van der Waals surface area contributed by atoms with Gasteiger partial charge in [0, 0.05) is 49.9 Å². The van der Waals surface area contributed by atoms with Crippen molar-refractivity contribution in [3.63, 3.8) is 0 Å². The SMILES string of the molecule is CC(C)C(CO)NC(=O)NCc1ccc(C(=O)Nc2ccc(Cl)cc2N2CCN(CCC(F)(F)F)CC2)c(F)c1F. The summed E-state index contributed by atoms with van der Waals surface area (Å²) in [7, 11) is 0. The second kappa shape index (κ2) is 14.1. The highest BCUT2D eigenvalue weighted by atomic mass is 35.5. The molecule has 0 radical (unpaired) electrons. The van der Waals surface area contributed by atoms with E-state index in [-0.39, 0.29) is 36.9 Å². The smallest absolute Gasteiger partial charge is 0.390 e. The van der Waals surface area contributed by atoms with Gasteiger partial charge in [0.2, 0.25) is 0 Å². The lowest BCUT2D eigenvalue weighted by molar-refractivity contribution is -0.138. The number of anilines is 2. The summed E-state index contributed by atoms with van der Waals surface area (Å²) >= 11 is 6.15. The Kier molecular flexibility index (Phi) is 11.2. The molecule has 226 valence electrons. The number of benzene rings is 2. The number of urea groups is 1. The molecule has 1 aliphatic heterocycles. The van der Waals surface area contributed by atoms with Gasteiger partial charge < -0.3 is 26.0 Å². The van der Waals surface area contributed by atoms with E-state index in [2.05, 4.69) is 16.0 Å². The highest BCUT2D eigenvalue weighted by Gasteiger charge is 2.29. The van der Waals surface area contributed by atoms with Crippen molar-refractivity contribution in [1.29, 1.82) is 0 Å². The molecule has 1 unspecified atom stereocenters. The molecule has 1 heterocycles. The number of halogens is 6. The van der Waals surface area contributed by atoms with E-state index in [4.69, 9.17) is 11.6 Å². The summed E-state index contributed by atoms with van der Waals surface area (Å²) in [5, 5.41) is 17.2. The first kappa shape index (κ1) is 32.4. The van der Waals surface area contributed by atoms with Crippen LogP contribution < -0.4 is 20.9 Å². The second-order valence-electron chi connectivity index (χ2n) is 10.1. The highest BCUT2D eigenvalue weighted by molar-refractivity contribution is 6.31. The van der Waals surface area contributed by atoms with Gasteiger partial charge in [-0.2, -0.15) is 13.2 Å². The van der Waals surface area contributed by atoms with E-state index >= 15 is 0 Å². The number of nitrogens with zero attached hydrogens (tertiary/aromatic N) is 2. The zero-order valence-electron chi connectivity index (χ0n) is 22.6.